The van der Waals surface area contributed by atoms with Crippen molar-refractivity contribution >= 4 is 11.6 Å². The lowest BCUT2D eigenvalue weighted by atomic mass is 10.6. The average molecular weight is 141 g/mol. The van der Waals surface area contributed by atoms with E-state index in [1.54, 1.807) is 0 Å². The van der Waals surface area contributed by atoms with E-state index in [-0.39, 0.29) is 5.82 Å². The first-order valence-corrected chi connectivity index (χ1v) is 2.29. The van der Waals surface area contributed by atoms with Crippen molar-refractivity contribution in [3.05, 3.63) is 16.4 Å². The Balaban J connectivity index is 3.15. The fourth-order valence-corrected chi connectivity index (χ4v) is 0.420. The Morgan fingerprint density at radius 1 is 1.70 bits per heavy atom. The monoisotopic (exact) mass is 141 g/mol. The maximum atomic E-state index is 10.0. The number of anilines is 1. The highest BCUT2D eigenvalue weighted by atomic mass is 16.6. The molecule has 1 heterocycles. The van der Waals surface area contributed by atoms with E-state index >= 15 is 0 Å². The van der Waals surface area contributed by atoms with E-state index in [4.69, 9.17) is 5.73 Å². The first-order chi connectivity index (χ1) is 4.72. The summed E-state index contributed by atoms with van der Waals surface area (Å²) in [6, 6.07) is 0. The molecular weight excluding hydrogens is 138 g/mol. The number of nitrogens with zero attached hydrogens (tertiary/aromatic N) is 4. The van der Waals surface area contributed by atoms with Gasteiger partial charge in [-0.05, 0) is 9.91 Å². The zero-order valence-electron chi connectivity index (χ0n) is 4.76. The van der Waals surface area contributed by atoms with Crippen LogP contribution in [0.5, 0.6) is 0 Å². The van der Waals surface area contributed by atoms with Gasteiger partial charge >= 0.3 is 5.82 Å². The topological polar surface area (TPSA) is 108 Å². The van der Waals surface area contributed by atoms with Crippen LogP contribution >= 0.6 is 0 Å². The van der Waals surface area contributed by atoms with Gasteiger partial charge in [-0.1, -0.05) is 0 Å². The lowest BCUT2D eigenvalue weighted by Gasteiger charge is -1.90. The Kier molecular flexibility index (Phi) is 1.40. The zero-order valence-corrected chi connectivity index (χ0v) is 4.76. The van der Waals surface area contributed by atoms with Crippen LogP contribution < -0.4 is 5.73 Å². The molecule has 0 aromatic carbocycles. The molecule has 0 amide bonds. The summed E-state index contributed by atoms with van der Waals surface area (Å²) in [6.07, 6.45) is 0.967. The van der Waals surface area contributed by atoms with Crippen LogP contribution in [0.25, 0.3) is 0 Å². The van der Waals surface area contributed by atoms with Gasteiger partial charge in [0.15, 0.2) is 0 Å². The Morgan fingerprint density at radius 3 is 2.80 bits per heavy atom. The second-order valence-electron chi connectivity index (χ2n) is 1.43. The van der Waals surface area contributed by atoms with E-state index in [2.05, 4.69) is 15.2 Å². The molecule has 0 aliphatic carbocycles. The van der Waals surface area contributed by atoms with E-state index in [9.17, 15) is 10.1 Å². The van der Waals surface area contributed by atoms with Crippen LogP contribution in [0.15, 0.2) is 6.33 Å². The van der Waals surface area contributed by atoms with E-state index in [0.29, 0.717) is 0 Å². The normalized spacial score (nSPS) is 9.20. The Morgan fingerprint density at radius 2 is 2.40 bits per heavy atom. The minimum absolute atomic E-state index is 0.271. The Labute approximate surface area is 55.1 Å². The van der Waals surface area contributed by atoms with Crippen molar-refractivity contribution in [1.82, 2.24) is 15.2 Å². The van der Waals surface area contributed by atoms with E-state index in [0.717, 1.165) is 6.33 Å². The molecule has 0 spiro atoms. The maximum absolute atomic E-state index is 10.0. The third-order valence-electron chi connectivity index (χ3n) is 0.799. The summed E-state index contributed by atoms with van der Waals surface area (Å²) in [4.78, 5) is 12.6. The Hall–Kier alpha value is -1.79. The molecule has 7 nitrogen and oxygen atoms in total. The van der Waals surface area contributed by atoms with Gasteiger partial charge in [-0.3, -0.25) is 0 Å². The molecule has 0 saturated carbocycles. The number of nitro groups is 1. The summed E-state index contributed by atoms with van der Waals surface area (Å²) in [5, 5.41) is 16.5. The van der Waals surface area contributed by atoms with Crippen molar-refractivity contribution < 1.29 is 4.92 Å². The van der Waals surface area contributed by atoms with Crippen LogP contribution in [0.1, 0.15) is 0 Å². The van der Waals surface area contributed by atoms with Gasteiger partial charge in [0.2, 0.25) is 12.1 Å². The quantitative estimate of drug-likeness (QED) is 0.411. The number of rotatable bonds is 1. The molecule has 10 heavy (non-hydrogen) atoms. The average Bonchev–Trinajstić information content (AvgIpc) is 1.88. The molecule has 7 heteroatoms. The minimum atomic E-state index is -0.718. The summed E-state index contributed by atoms with van der Waals surface area (Å²) in [6.45, 7) is 0. The third-order valence-corrected chi connectivity index (χ3v) is 0.799. The molecule has 1 aromatic heterocycles. The fourth-order valence-electron chi connectivity index (χ4n) is 0.420. The van der Waals surface area contributed by atoms with Crippen LogP contribution in [0, 0.1) is 10.1 Å². The molecule has 0 radical (unpaired) electrons. The van der Waals surface area contributed by atoms with Crippen LogP contribution in [0.2, 0.25) is 0 Å². The van der Waals surface area contributed by atoms with Gasteiger partial charge in [-0.2, -0.15) is 0 Å². The largest absolute Gasteiger partial charge is 0.409 e. The number of aromatic nitrogens is 3. The highest BCUT2D eigenvalue weighted by Gasteiger charge is 2.12. The fraction of sp³-hybridized carbons (Fsp3) is 0. The summed E-state index contributed by atoms with van der Waals surface area (Å²) < 4.78 is 0. The van der Waals surface area contributed by atoms with Gasteiger partial charge in [-0.15, -0.1) is 10.2 Å². The molecule has 1 rings (SSSR count). The molecule has 0 atom stereocenters. The molecular formula is C3H3N5O2. The third kappa shape index (κ3) is 0.966. The molecule has 0 fully saturated rings. The number of nitrogens with two attached hydrogens (primary N) is 1. The second kappa shape index (κ2) is 2.21. The van der Waals surface area contributed by atoms with E-state index in [1.807, 2.05) is 0 Å². The van der Waals surface area contributed by atoms with Crippen molar-refractivity contribution in [3.63, 3.8) is 0 Å². The standard InChI is InChI=1S/C3H3N5O2/c4-2-3(8(9)10)5-1-6-7-2/h1H,(H2,4,7). The van der Waals surface area contributed by atoms with Crippen molar-refractivity contribution in [2.45, 2.75) is 0 Å². The predicted molar refractivity (Wildman–Crippen MR) is 30.9 cm³/mol. The minimum Gasteiger partial charge on any atom is -0.375 e. The lowest BCUT2D eigenvalue weighted by molar-refractivity contribution is -0.388. The first kappa shape index (κ1) is 6.33. The molecule has 0 saturated heterocycles. The number of hydrogen-bond donors (Lipinski definition) is 1. The van der Waals surface area contributed by atoms with Gasteiger partial charge < -0.3 is 15.8 Å². The van der Waals surface area contributed by atoms with Gasteiger partial charge in [-0.25, -0.2) is 0 Å². The highest BCUT2D eigenvalue weighted by molar-refractivity contribution is 5.43. The number of hydrogen-bond acceptors (Lipinski definition) is 6. The summed E-state index contributed by atoms with van der Waals surface area (Å²) >= 11 is 0. The molecule has 0 unspecified atom stereocenters. The first-order valence-electron chi connectivity index (χ1n) is 2.29. The van der Waals surface area contributed by atoms with E-state index in [1.165, 1.54) is 0 Å². The summed E-state index contributed by atoms with van der Waals surface area (Å²) in [5.74, 6) is -0.734. The van der Waals surface area contributed by atoms with Crippen LogP contribution in [-0.2, 0) is 0 Å². The van der Waals surface area contributed by atoms with Gasteiger partial charge in [0.25, 0.3) is 0 Å². The Bertz CT molecular complexity index is 261. The van der Waals surface area contributed by atoms with Gasteiger partial charge in [0.05, 0.1) is 0 Å². The second-order valence-corrected chi connectivity index (χ2v) is 1.43. The smallest absolute Gasteiger partial charge is 0.375 e. The molecule has 52 valence electrons. The summed E-state index contributed by atoms with van der Waals surface area (Å²) in [5.41, 5.74) is 5.04. The molecule has 0 aliphatic rings. The zero-order chi connectivity index (χ0) is 7.56. The molecule has 0 bridgehead atoms. The van der Waals surface area contributed by atoms with Crippen molar-refractivity contribution in [3.8, 4) is 0 Å². The van der Waals surface area contributed by atoms with Crippen molar-refractivity contribution in [2.75, 3.05) is 5.73 Å². The molecule has 1 aromatic rings. The van der Waals surface area contributed by atoms with Gasteiger partial charge in [0.1, 0.15) is 0 Å². The number of nitrogen functional groups attached to an aromatic ring is 1. The van der Waals surface area contributed by atoms with E-state index < -0.39 is 10.7 Å². The van der Waals surface area contributed by atoms with Gasteiger partial charge in [0, 0.05) is 0 Å². The van der Waals surface area contributed by atoms with Crippen molar-refractivity contribution in [1.29, 1.82) is 0 Å². The summed E-state index contributed by atoms with van der Waals surface area (Å²) in [7, 11) is 0. The highest BCUT2D eigenvalue weighted by Crippen LogP contribution is 2.10. The molecule has 0 aliphatic heterocycles. The molecule has 2 N–H and O–H groups in total. The van der Waals surface area contributed by atoms with Crippen LogP contribution in [-0.4, -0.2) is 20.1 Å². The lowest BCUT2D eigenvalue weighted by Crippen LogP contribution is -2.01. The van der Waals surface area contributed by atoms with Crippen LogP contribution in [0.3, 0.4) is 0 Å². The SMILES string of the molecule is Nc1nncnc1[N+](=O)[O-]. The predicted octanol–water partition coefficient (Wildman–Crippen LogP) is -0.638. The maximum Gasteiger partial charge on any atom is 0.409 e. The van der Waals surface area contributed by atoms with Crippen LogP contribution in [0.4, 0.5) is 11.6 Å². The van der Waals surface area contributed by atoms with Crippen molar-refractivity contribution in [2.24, 2.45) is 0 Å².